The Morgan fingerprint density at radius 2 is 1.88 bits per heavy atom. The summed E-state index contributed by atoms with van der Waals surface area (Å²) >= 11 is 6.49. The fraction of sp³-hybridized carbons (Fsp3) is 0.615. The van der Waals surface area contributed by atoms with Crippen LogP contribution in [0.25, 0.3) is 0 Å². The number of hydrogen-bond acceptors (Lipinski definition) is 6. The number of aliphatic hydroxyl groups excluding tert-OH is 1. The van der Waals surface area contributed by atoms with Gasteiger partial charge in [-0.05, 0) is 136 Å². The number of sulfonamides is 1. The minimum atomic E-state index is -3.93. The highest BCUT2D eigenvalue weighted by Crippen LogP contribution is 2.51. The zero-order valence-corrected chi connectivity index (χ0v) is 30.2. The molecule has 1 spiro atoms. The summed E-state index contributed by atoms with van der Waals surface area (Å²) in [6, 6.07) is 12.2. The Kier molecular flexibility index (Phi) is 9.27. The van der Waals surface area contributed by atoms with Crippen molar-refractivity contribution in [3.63, 3.8) is 0 Å². The molecule has 2 aliphatic heterocycles. The van der Waals surface area contributed by atoms with Crippen molar-refractivity contribution in [3.8, 4) is 0 Å². The second kappa shape index (κ2) is 13.1. The molecule has 48 heavy (non-hydrogen) atoms. The zero-order valence-electron chi connectivity index (χ0n) is 28.6. The van der Waals surface area contributed by atoms with Gasteiger partial charge in [0.25, 0.3) is 5.91 Å². The maximum atomic E-state index is 13.6. The number of ether oxygens (including phenoxy) is 1. The number of carbonyl (C=O) groups is 1. The predicted molar refractivity (Wildman–Crippen MR) is 191 cm³/mol. The molecule has 2 saturated carbocycles. The first-order valence-corrected chi connectivity index (χ1v) is 20.0. The Labute approximate surface area is 291 Å². The molecule has 0 radical (unpaired) electrons. The lowest BCUT2D eigenvalue weighted by atomic mass is 9.62. The number of aryl methyl sites for hydroxylation is 2. The van der Waals surface area contributed by atoms with Crippen molar-refractivity contribution in [2.24, 2.45) is 23.7 Å². The van der Waals surface area contributed by atoms with Crippen LogP contribution in [-0.4, -0.2) is 56.6 Å². The summed E-state index contributed by atoms with van der Waals surface area (Å²) in [7, 11) is -2.16. The van der Waals surface area contributed by atoms with Crippen molar-refractivity contribution in [2.75, 3.05) is 25.1 Å². The Morgan fingerprint density at radius 1 is 1.06 bits per heavy atom. The molecule has 2 aromatic carbocycles. The van der Waals surface area contributed by atoms with E-state index in [2.05, 4.69) is 33.9 Å². The number of nitrogens with zero attached hydrogens (tertiary/aromatic N) is 1. The van der Waals surface area contributed by atoms with E-state index in [0.29, 0.717) is 30.2 Å². The van der Waals surface area contributed by atoms with Gasteiger partial charge in [0.05, 0.1) is 17.0 Å². The zero-order chi connectivity index (χ0) is 33.8. The van der Waals surface area contributed by atoms with Crippen molar-refractivity contribution in [2.45, 2.75) is 107 Å². The molecule has 0 saturated heterocycles. The first kappa shape index (κ1) is 34.1. The number of carbonyl (C=O) groups excluding carboxylic acids is 1. The van der Waals surface area contributed by atoms with Crippen LogP contribution in [0.4, 0.5) is 5.69 Å². The second-order valence-corrected chi connectivity index (χ2v) is 18.1. The fourth-order valence-corrected chi connectivity index (χ4v) is 10.8. The average molecular weight is 695 g/mol. The van der Waals surface area contributed by atoms with Gasteiger partial charge in [0.15, 0.2) is 0 Å². The number of rotatable bonds is 4. The van der Waals surface area contributed by atoms with E-state index in [1.54, 1.807) is 20.1 Å². The summed E-state index contributed by atoms with van der Waals surface area (Å²) in [4.78, 5) is 16.1. The third-order valence-corrected chi connectivity index (χ3v) is 15.0. The average Bonchev–Trinajstić information content (AvgIpc) is 3.91. The van der Waals surface area contributed by atoms with Crippen LogP contribution < -0.4 is 9.62 Å². The van der Waals surface area contributed by atoms with E-state index >= 15 is 0 Å². The minimum absolute atomic E-state index is 0.0605. The number of benzene rings is 2. The maximum absolute atomic E-state index is 13.6. The number of allylic oxidation sites excluding steroid dienone is 1. The quantitative estimate of drug-likeness (QED) is 0.336. The van der Waals surface area contributed by atoms with Crippen LogP contribution in [0, 0.1) is 23.7 Å². The van der Waals surface area contributed by atoms with E-state index in [1.807, 2.05) is 25.1 Å². The van der Waals surface area contributed by atoms with Crippen LogP contribution >= 0.6 is 11.6 Å². The van der Waals surface area contributed by atoms with Crippen LogP contribution in [0.5, 0.6) is 0 Å². The minimum Gasteiger partial charge on any atom is -0.393 e. The molecule has 7 atom stereocenters. The van der Waals surface area contributed by atoms with E-state index < -0.39 is 32.9 Å². The summed E-state index contributed by atoms with van der Waals surface area (Å²) in [5.74, 6) is 0.0618. The molecule has 9 heteroatoms. The van der Waals surface area contributed by atoms with Gasteiger partial charge in [-0.25, -0.2) is 13.1 Å². The lowest BCUT2D eigenvalue weighted by Crippen LogP contribution is -2.53. The summed E-state index contributed by atoms with van der Waals surface area (Å²) in [6.45, 7) is 5.20. The van der Waals surface area contributed by atoms with Crippen molar-refractivity contribution in [1.29, 1.82) is 0 Å². The van der Waals surface area contributed by atoms with Crippen LogP contribution in [0.1, 0.15) is 98.7 Å². The van der Waals surface area contributed by atoms with Gasteiger partial charge < -0.3 is 14.7 Å². The van der Waals surface area contributed by atoms with Gasteiger partial charge in [-0.3, -0.25) is 4.79 Å². The van der Waals surface area contributed by atoms with Crippen molar-refractivity contribution >= 4 is 33.2 Å². The number of methoxy groups -OCH3 is 1. The van der Waals surface area contributed by atoms with Crippen molar-refractivity contribution < 1.29 is 23.1 Å². The Balaban J connectivity index is 1.32. The molecule has 260 valence electrons. The van der Waals surface area contributed by atoms with E-state index in [4.69, 9.17) is 16.3 Å². The number of halogens is 1. The number of aliphatic hydroxyl groups is 1. The SMILES string of the molecule is CO[C@@]1(C[C@@H](O)C2CC2)/C=C/C[C@H](C)[C@@H](C)S(=O)(=O)NC(=O)c2ccc3c(c2)N(C[C@@H]2CC[C@H]21)C[C@@]1(CCCc2cc(Cl)ccc21)CC3. The van der Waals surface area contributed by atoms with Gasteiger partial charge in [0.1, 0.15) is 0 Å². The summed E-state index contributed by atoms with van der Waals surface area (Å²) in [6.07, 6.45) is 14.1. The van der Waals surface area contributed by atoms with Gasteiger partial charge in [-0.1, -0.05) is 42.8 Å². The van der Waals surface area contributed by atoms with Crippen molar-refractivity contribution in [1.82, 2.24) is 4.72 Å². The largest absolute Gasteiger partial charge is 0.393 e. The first-order chi connectivity index (χ1) is 22.9. The molecule has 2 bridgehead atoms. The molecule has 7 nitrogen and oxygen atoms in total. The monoisotopic (exact) mass is 694 g/mol. The van der Waals surface area contributed by atoms with Crippen LogP contribution in [-0.2, 0) is 33.0 Å². The van der Waals surface area contributed by atoms with Gasteiger partial charge in [0, 0.05) is 48.3 Å². The first-order valence-electron chi connectivity index (χ1n) is 18.1. The highest BCUT2D eigenvalue weighted by Gasteiger charge is 2.50. The Bertz CT molecular complexity index is 1690. The normalized spacial score (nSPS) is 34.6. The van der Waals surface area contributed by atoms with Crippen molar-refractivity contribution in [3.05, 3.63) is 75.8 Å². The van der Waals surface area contributed by atoms with Gasteiger partial charge in [-0.2, -0.15) is 0 Å². The molecule has 5 aliphatic rings. The topological polar surface area (TPSA) is 95.9 Å². The third-order valence-electron chi connectivity index (χ3n) is 12.8. The highest BCUT2D eigenvalue weighted by atomic mass is 35.5. The molecule has 0 unspecified atom stereocenters. The molecule has 2 aromatic rings. The van der Waals surface area contributed by atoms with Crippen LogP contribution in [0.2, 0.25) is 5.02 Å². The second-order valence-electron chi connectivity index (χ2n) is 15.7. The van der Waals surface area contributed by atoms with Crippen LogP contribution in [0.15, 0.2) is 48.6 Å². The lowest BCUT2D eigenvalue weighted by molar-refractivity contribution is -0.100. The molecule has 7 rings (SSSR count). The molecule has 2 heterocycles. The molecule has 2 N–H and O–H groups in total. The number of amides is 1. The van der Waals surface area contributed by atoms with E-state index in [9.17, 15) is 18.3 Å². The lowest BCUT2D eigenvalue weighted by Gasteiger charge is -2.51. The molecule has 2 fully saturated rings. The highest BCUT2D eigenvalue weighted by molar-refractivity contribution is 7.90. The van der Waals surface area contributed by atoms with E-state index in [1.165, 1.54) is 16.7 Å². The summed E-state index contributed by atoms with van der Waals surface area (Å²) < 4.78 is 35.9. The standard InChI is InChI=1S/C39H51ClN2O5S/c1-25-6-4-18-39(47-3,22-36(43)28-9-10-28)34-14-12-31(34)23-42-24-38(17-5-7-29-20-32(40)13-15-33(29)38)19-16-27-8-11-30(21-35(27)42)37(44)41-48(45,46)26(25)2/h4,8,11,13,15,18,20-21,25-26,28,31,34,36,43H,5-7,9-10,12,14,16-17,19,22-24H2,1-3H3,(H,41,44)/b18-4+/t25-,26+,31-,34+,36+,38+,39+/m0/s1. The van der Waals surface area contributed by atoms with Gasteiger partial charge >= 0.3 is 0 Å². The number of anilines is 1. The molecular weight excluding hydrogens is 644 g/mol. The molecule has 3 aliphatic carbocycles. The van der Waals surface area contributed by atoms with Gasteiger partial charge in [-0.15, -0.1) is 0 Å². The molecular formula is C39H51ClN2O5S. The Hall–Kier alpha value is -2.39. The van der Waals surface area contributed by atoms with Crippen LogP contribution in [0.3, 0.4) is 0 Å². The third kappa shape index (κ3) is 6.36. The smallest absolute Gasteiger partial charge is 0.264 e. The number of hydrogen-bond donors (Lipinski definition) is 2. The molecule has 1 amide bonds. The predicted octanol–water partition coefficient (Wildman–Crippen LogP) is 6.98. The van der Waals surface area contributed by atoms with Gasteiger partial charge in [0.2, 0.25) is 10.0 Å². The number of nitrogens with one attached hydrogen (secondary N) is 1. The molecule has 0 aromatic heterocycles. The summed E-state index contributed by atoms with van der Waals surface area (Å²) in [5, 5.41) is 11.3. The summed E-state index contributed by atoms with van der Waals surface area (Å²) in [5.41, 5.74) is 4.60. The van der Waals surface area contributed by atoms with E-state index in [0.717, 1.165) is 81.6 Å². The number of fused-ring (bicyclic) bond motifs is 4. The Morgan fingerprint density at radius 3 is 2.60 bits per heavy atom. The van der Waals surface area contributed by atoms with E-state index in [-0.39, 0.29) is 17.3 Å². The maximum Gasteiger partial charge on any atom is 0.264 e. The fourth-order valence-electron chi connectivity index (χ4n) is 9.33.